The van der Waals surface area contributed by atoms with E-state index in [2.05, 4.69) is 11.3 Å². The highest BCUT2D eigenvalue weighted by Gasteiger charge is 2.14. The summed E-state index contributed by atoms with van der Waals surface area (Å²) < 4.78 is 30.2. The zero-order valence-corrected chi connectivity index (χ0v) is 11.1. The number of carbonyl (C=O) groups is 1. The van der Waals surface area contributed by atoms with Crippen molar-refractivity contribution in [1.29, 1.82) is 0 Å². The van der Waals surface area contributed by atoms with E-state index in [1.807, 2.05) is 0 Å². The van der Waals surface area contributed by atoms with Crippen LogP contribution < -0.4 is 4.72 Å². The van der Waals surface area contributed by atoms with Crippen LogP contribution in [0.2, 0.25) is 0 Å². The lowest BCUT2D eigenvalue weighted by atomic mass is 10.2. The number of rotatable bonds is 5. The van der Waals surface area contributed by atoms with Crippen molar-refractivity contribution in [1.82, 2.24) is 4.72 Å². The van der Waals surface area contributed by atoms with Crippen LogP contribution in [-0.2, 0) is 14.8 Å². The van der Waals surface area contributed by atoms with Gasteiger partial charge in [-0.2, -0.15) is 0 Å². The van der Waals surface area contributed by atoms with E-state index in [4.69, 9.17) is 4.74 Å². The van der Waals surface area contributed by atoms with Crippen LogP contribution >= 0.6 is 0 Å². The second-order valence-electron chi connectivity index (χ2n) is 3.77. The average molecular weight is 269 g/mol. The van der Waals surface area contributed by atoms with Crippen LogP contribution in [0.3, 0.4) is 0 Å². The molecule has 0 bridgehead atoms. The molecule has 0 aliphatic carbocycles. The number of carbonyl (C=O) groups excluding carboxylic acids is 1. The van der Waals surface area contributed by atoms with Crippen molar-refractivity contribution in [3.63, 3.8) is 0 Å². The maximum absolute atomic E-state index is 11.6. The molecule has 0 aromatic heterocycles. The standard InChI is InChI=1S/C12H15NO4S/c1-9(2)8-17-12(14)10-5-4-6-11(7-10)18(15,16)13-3/h4-7,13H,1,8H2,2-3H3. The molecular weight excluding hydrogens is 254 g/mol. The fourth-order valence-corrected chi connectivity index (χ4v) is 1.96. The minimum Gasteiger partial charge on any atom is -0.458 e. The van der Waals surface area contributed by atoms with Gasteiger partial charge < -0.3 is 4.74 Å². The molecule has 0 saturated carbocycles. The molecule has 0 fully saturated rings. The molecule has 0 atom stereocenters. The van der Waals surface area contributed by atoms with Crippen LogP contribution in [0.4, 0.5) is 0 Å². The molecule has 0 heterocycles. The highest BCUT2D eigenvalue weighted by molar-refractivity contribution is 7.89. The molecule has 0 radical (unpaired) electrons. The second kappa shape index (κ2) is 5.79. The topological polar surface area (TPSA) is 72.5 Å². The van der Waals surface area contributed by atoms with Gasteiger partial charge in [0.2, 0.25) is 10.0 Å². The number of ether oxygens (including phenoxy) is 1. The Kier molecular flexibility index (Phi) is 4.63. The highest BCUT2D eigenvalue weighted by atomic mass is 32.2. The third kappa shape index (κ3) is 3.68. The van der Waals surface area contributed by atoms with E-state index in [1.165, 1.54) is 31.3 Å². The Labute approximate surface area is 107 Å². The maximum Gasteiger partial charge on any atom is 0.338 e. The molecule has 1 rings (SSSR count). The van der Waals surface area contributed by atoms with Gasteiger partial charge in [0.15, 0.2) is 0 Å². The van der Waals surface area contributed by atoms with Crippen molar-refractivity contribution < 1.29 is 17.9 Å². The predicted molar refractivity (Wildman–Crippen MR) is 67.8 cm³/mol. The molecule has 0 saturated heterocycles. The molecule has 0 amide bonds. The lowest BCUT2D eigenvalue weighted by Gasteiger charge is -2.06. The Hall–Kier alpha value is -1.66. The number of sulfonamides is 1. The first-order chi connectivity index (χ1) is 8.36. The number of hydrogen-bond donors (Lipinski definition) is 1. The van der Waals surface area contributed by atoms with Gasteiger partial charge in [-0.3, -0.25) is 0 Å². The average Bonchev–Trinajstić information content (AvgIpc) is 2.36. The molecule has 1 N–H and O–H groups in total. The summed E-state index contributed by atoms with van der Waals surface area (Å²) in [5, 5.41) is 0. The van der Waals surface area contributed by atoms with Crippen molar-refractivity contribution >= 4 is 16.0 Å². The van der Waals surface area contributed by atoms with Gasteiger partial charge in [0, 0.05) is 0 Å². The molecule has 0 aliphatic heterocycles. The maximum atomic E-state index is 11.6. The van der Waals surface area contributed by atoms with Gasteiger partial charge in [-0.15, -0.1) is 0 Å². The third-order valence-corrected chi connectivity index (χ3v) is 3.51. The van der Waals surface area contributed by atoms with Crippen LogP contribution in [0.5, 0.6) is 0 Å². The van der Waals surface area contributed by atoms with Crippen molar-refractivity contribution in [3.05, 3.63) is 42.0 Å². The fourth-order valence-electron chi connectivity index (χ4n) is 1.18. The van der Waals surface area contributed by atoms with Crippen molar-refractivity contribution in [2.75, 3.05) is 13.7 Å². The van der Waals surface area contributed by atoms with E-state index >= 15 is 0 Å². The number of benzene rings is 1. The molecule has 0 unspecified atom stereocenters. The summed E-state index contributed by atoms with van der Waals surface area (Å²) >= 11 is 0. The zero-order chi connectivity index (χ0) is 13.8. The van der Waals surface area contributed by atoms with Crippen LogP contribution in [0.15, 0.2) is 41.3 Å². The summed E-state index contributed by atoms with van der Waals surface area (Å²) in [6.45, 7) is 5.45. The normalized spacial score (nSPS) is 11.0. The summed E-state index contributed by atoms with van der Waals surface area (Å²) in [5.74, 6) is -0.578. The largest absolute Gasteiger partial charge is 0.458 e. The Bertz CT molecular complexity index is 563. The lowest BCUT2D eigenvalue weighted by molar-refractivity contribution is 0.0540. The monoisotopic (exact) mass is 269 g/mol. The minimum absolute atomic E-state index is 0.0229. The van der Waals surface area contributed by atoms with E-state index in [-0.39, 0.29) is 17.1 Å². The summed E-state index contributed by atoms with van der Waals surface area (Å²) in [6, 6.07) is 5.66. The summed E-state index contributed by atoms with van der Waals surface area (Å²) in [7, 11) is -2.25. The molecule has 6 heteroatoms. The number of hydrogen-bond acceptors (Lipinski definition) is 4. The number of esters is 1. The van der Waals surface area contributed by atoms with Gasteiger partial charge in [-0.1, -0.05) is 12.6 Å². The molecule has 0 spiro atoms. The van der Waals surface area contributed by atoms with Gasteiger partial charge in [-0.25, -0.2) is 17.9 Å². The quantitative estimate of drug-likeness (QED) is 0.646. The van der Waals surface area contributed by atoms with Crippen LogP contribution in [0.25, 0.3) is 0 Å². The van der Waals surface area contributed by atoms with Crippen molar-refractivity contribution in [2.45, 2.75) is 11.8 Å². The van der Waals surface area contributed by atoms with Gasteiger partial charge in [-0.05, 0) is 37.7 Å². The Morgan fingerprint density at radius 3 is 2.67 bits per heavy atom. The van der Waals surface area contributed by atoms with E-state index < -0.39 is 16.0 Å². The molecule has 1 aromatic carbocycles. The fraction of sp³-hybridized carbons (Fsp3) is 0.250. The molecule has 1 aromatic rings. The number of nitrogens with one attached hydrogen (secondary N) is 1. The van der Waals surface area contributed by atoms with Crippen LogP contribution in [-0.4, -0.2) is 28.0 Å². The first-order valence-electron chi connectivity index (χ1n) is 5.22. The highest BCUT2D eigenvalue weighted by Crippen LogP contribution is 2.12. The van der Waals surface area contributed by atoms with Gasteiger partial charge in [0.05, 0.1) is 10.5 Å². The van der Waals surface area contributed by atoms with Crippen LogP contribution in [0.1, 0.15) is 17.3 Å². The second-order valence-corrected chi connectivity index (χ2v) is 5.66. The zero-order valence-electron chi connectivity index (χ0n) is 10.3. The van der Waals surface area contributed by atoms with Crippen molar-refractivity contribution in [3.8, 4) is 0 Å². The summed E-state index contributed by atoms with van der Waals surface area (Å²) in [6.07, 6.45) is 0. The summed E-state index contributed by atoms with van der Waals surface area (Å²) in [5.41, 5.74) is 0.898. The molecule has 98 valence electrons. The molecule has 5 nitrogen and oxygen atoms in total. The van der Waals surface area contributed by atoms with E-state index in [0.717, 1.165) is 0 Å². The van der Waals surface area contributed by atoms with E-state index in [9.17, 15) is 13.2 Å². The van der Waals surface area contributed by atoms with Gasteiger partial charge in [0.25, 0.3) is 0 Å². The predicted octanol–water partition coefficient (Wildman–Crippen LogP) is 1.33. The third-order valence-electron chi connectivity index (χ3n) is 2.10. The first kappa shape index (κ1) is 14.4. The molecule has 0 aliphatic rings. The van der Waals surface area contributed by atoms with E-state index in [0.29, 0.717) is 5.57 Å². The minimum atomic E-state index is -3.56. The molecule has 18 heavy (non-hydrogen) atoms. The van der Waals surface area contributed by atoms with E-state index in [1.54, 1.807) is 6.92 Å². The SMILES string of the molecule is C=C(C)COC(=O)c1cccc(S(=O)(=O)NC)c1. The molecular formula is C12H15NO4S. The summed E-state index contributed by atoms with van der Waals surface area (Å²) in [4.78, 5) is 11.7. The van der Waals surface area contributed by atoms with Gasteiger partial charge >= 0.3 is 5.97 Å². The first-order valence-corrected chi connectivity index (χ1v) is 6.70. The van der Waals surface area contributed by atoms with Crippen LogP contribution in [0, 0.1) is 0 Å². The smallest absolute Gasteiger partial charge is 0.338 e. The van der Waals surface area contributed by atoms with Gasteiger partial charge in [0.1, 0.15) is 6.61 Å². The Balaban J connectivity index is 2.96. The lowest BCUT2D eigenvalue weighted by Crippen LogP contribution is -2.19. The van der Waals surface area contributed by atoms with Crippen molar-refractivity contribution in [2.24, 2.45) is 0 Å². The Morgan fingerprint density at radius 1 is 1.44 bits per heavy atom. The Morgan fingerprint density at radius 2 is 2.11 bits per heavy atom.